The largest absolute Gasteiger partial charge is 0.387 e. The number of hydrogen-bond donors (Lipinski definition) is 2. The van der Waals surface area contributed by atoms with E-state index >= 15 is 0 Å². The van der Waals surface area contributed by atoms with Gasteiger partial charge in [-0.05, 0) is 48.9 Å². The Balaban J connectivity index is 2.16. The zero-order chi connectivity index (χ0) is 13.0. The maximum Gasteiger partial charge on any atom is 0.0943 e. The molecular formula is C16H25NO. The standard InChI is InChI=1S/C16H25NO/c1-3-12-8-9-14(11-13(12)4-2)16(18)15-7-5-6-10-17-15/h8-9,11,15-18H,3-7,10H2,1-2H3. The van der Waals surface area contributed by atoms with Crippen molar-refractivity contribution in [3.8, 4) is 0 Å². The first-order valence-electron chi connectivity index (χ1n) is 7.29. The number of benzene rings is 1. The molecule has 0 saturated carbocycles. The van der Waals surface area contributed by atoms with Crippen molar-refractivity contribution >= 4 is 0 Å². The van der Waals surface area contributed by atoms with E-state index in [0.717, 1.165) is 31.4 Å². The summed E-state index contributed by atoms with van der Waals surface area (Å²) in [5.74, 6) is 0. The van der Waals surface area contributed by atoms with Crippen LogP contribution >= 0.6 is 0 Å². The monoisotopic (exact) mass is 247 g/mol. The van der Waals surface area contributed by atoms with Gasteiger partial charge in [-0.15, -0.1) is 0 Å². The lowest BCUT2D eigenvalue weighted by Crippen LogP contribution is -2.38. The Morgan fingerprint density at radius 3 is 2.61 bits per heavy atom. The first-order chi connectivity index (χ1) is 8.76. The van der Waals surface area contributed by atoms with Gasteiger partial charge in [0.05, 0.1) is 6.10 Å². The molecule has 0 spiro atoms. The van der Waals surface area contributed by atoms with E-state index in [1.165, 1.54) is 24.0 Å². The number of aryl methyl sites for hydroxylation is 2. The number of rotatable bonds is 4. The zero-order valence-corrected chi connectivity index (χ0v) is 11.6. The van der Waals surface area contributed by atoms with Gasteiger partial charge in [0.1, 0.15) is 0 Å². The Morgan fingerprint density at radius 2 is 2.00 bits per heavy atom. The highest BCUT2D eigenvalue weighted by Gasteiger charge is 2.22. The van der Waals surface area contributed by atoms with E-state index < -0.39 is 0 Å². The molecule has 1 aromatic rings. The molecule has 1 heterocycles. The first kappa shape index (κ1) is 13.6. The van der Waals surface area contributed by atoms with Crippen LogP contribution in [0.4, 0.5) is 0 Å². The molecule has 1 saturated heterocycles. The van der Waals surface area contributed by atoms with E-state index in [0.29, 0.717) is 0 Å². The van der Waals surface area contributed by atoms with Crippen LogP contribution in [0.2, 0.25) is 0 Å². The zero-order valence-electron chi connectivity index (χ0n) is 11.6. The smallest absolute Gasteiger partial charge is 0.0943 e. The van der Waals surface area contributed by atoms with E-state index in [1.54, 1.807) is 0 Å². The molecule has 1 aliphatic rings. The summed E-state index contributed by atoms with van der Waals surface area (Å²) in [4.78, 5) is 0. The molecule has 0 radical (unpaired) electrons. The molecule has 0 bridgehead atoms. The Hall–Kier alpha value is -0.860. The van der Waals surface area contributed by atoms with Crippen LogP contribution in [0.3, 0.4) is 0 Å². The molecular weight excluding hydrogens is 222 g/mol. The van der Waals surface area contributed by atoms with E-state index in [-0.39, 0.29) is 12.1 Å². The van der Waals surface area contributed by atoms with Gasteiger partial charge >= 0.3 is 0 Å². The Morgan fingerprint density at radius 1 is 1.22 bits per heavy atom. The van der Waals surface area contributed by atoms with Crippen molar-refractivity contribution in [1.29, 1.82) is 0 Å². The van der Waals surface area contributed by atoms with Crippen LogP contribution in [0.1, 0.15) is 55.9 Å². The highest BCUT2D eigenvalue weighted by atomic mass is 16.3. The van der Waals surface area contributed by atoms with Crippen molar-refractivity contribution in [2.24, 2.45) is 0 Å². The predicted octanol–water partition coefficient (Wildman–Crippen LogP) is 2.99. The second-order valence-corrected chi connectivity index (χ2v) is 5.24. The highest BCUT2D eigenvalue weighted by molar-refractivity contribution is 5.33. The first-order valence-corrected chi connectivity index (χ1v) is 7.29. The fourth-order valence-corrected chi connectivity index (χ4v) is 2.88. The number of nitrogens with one attached hydrogen (secondary N) is 1. The summed E-state index contributed by atoms with van der Waals surface area (Å²) in [6.07, 6.45) is 5.29. The third kappa shape index (κ3) is 2.93. The number of hydrogen-bond acceptors (Lipinski definition) is 2. The van der Waals surface area contributed by atoms with Crippen molar-refractivity contribution in [2.75, 3.05) is 6.54 Å². The number of aliphatic hydroxyl groups excluding tert-OH is 1. The second kappa shape index (κ2) is 6.35. The molecule has 2 N–H and O–H groups in total. The molecule has 0 aliphatic carbocycles. The summed E-state index contributed by atoms with van der Waals surface area (Å²) in [5, 5.41) is 13.9. The molecule has 2 atom stereocenters. The average molecular weight is 247 g/mol. The predicted molar refractivity (Wildman–Crippen MR) is 75.8 cm³/mol. The minimum atomic E-state index is -0.360. The minimum absolute atomic E-state index is 0.232. The van der Waals surface area contributed by atoms with Gasteiger partial charge in [-0.3, -0.25) is 0 Å². The van der Waals surface area contributed by atoms with Crippen molar-refractivity contribution in [2.45, 2.75) is 58.1 Å². The fraction of sp³-hybridized carbons (Fsp3) is 0.625. The molecule has 2 unspecified atom stereocenters. The Labute approximate surface area is 110 Å². The van der Waals surface area contributed by atoms with Crippen molar-refractivity contribution in [3.05, 3.63) is 34.9 Å². The summed E-state index contributed by atoms with van der Waals surface area (Å²) < 4.78 is 0. The van der Waals surface area contributed by atoms with Crippen molar-refractivity contribution in [1.82, 2.24) is 5.32 Å². The summed E-state index contributed by atoms with van der Waals surface area (Å²) in [6, 6.07) is 6.70. The maximum absolute atomic E-state index is 10.5. The van der Waals surface area contributed by atoms with Crippen LogP contribution in [0.25, 0.3) is 0 Å². The van der Waals surface area contributed by atoms with E-state index in [4.69, 9.17) is 0 Å². The third-order valence-electron chi connectivity index (χ3n) is 4.06. The molecule has 1 aromatic carbocycles. The molecule has 1 fully saturated rings. The molecule has 0 aromatic heterocycles. The van der Waals surface area contributed by atoms with E-state index in [9.17, 15) is 5.11 Å². The lowest BCUT2D eigenvalue weighted by molar-refractivity contribution is 0.114. The van der Waals surface area contributed by atoms with Gasteiger partial charge in [0.15, 0.2) is 0 Å². The minimum Gasteiger partial charge on any atom is -0.387 e. The highest BCUT2D eigenvalue weighted by Crippen LogP contribution is 2.25. The van der Waals surface area contributed by atoms with Crippen molar-refractivity contribution < 1.29 is 5.11 Å². The van der Waals surface area contributed by atoms with E-state index in [2.05, 4.69) is 37.4 Å². The normalized spacial score (nSPS) is 21.8. The Bertz CT molecular complexity index is 383. The van der Waals surface area contributed by atoms with Crippen LogP contribution in [-0.4, -0.2) is 17.7 Å². The lowest BCUT2D eigenvalue weighted by Gasteiger charge is -2.28. The lowest BCUT2D eigenvalue weighted by atomic mass is 9.92. The summed E-state index contributed by atoms with van der Waals surface area (Å²) >= 11 is 0. The van der Waals surface area contributed by atoms with Crippen molar-refractivity contribution in [3.63, 3.8) is 0 Å². The van der Waals surface area contributed by atoms with Crippen LogP contribution in [0.5, 0.6) is 0 Å². The van der Waals surface area contributed by atoms with Gasteiger partial charge in [-0.25, -0.2) is 0 Å². The van der Waals surface area contributed by atoms with Gasteiger partial charge in [0.2, 0.25) is 0 Å². The summed E-state index contributed by atoms with van der Waals surface area (Å²) in [5.41, 5.74) is 3.86. The number of piperidine rings is 1. The molecule has 1 aliphatic heterocycles. The Kier molecular flexibility index (Phi) is 4.79. The van der Waals surface area contributed by atoms with Crippen LogP contribution in [0, 0.1) is 0 Å². The van der Waals surface area contributed by atoms with Gasteiger partial charge in [0, 0.05) is 6.04 Å². The van der Waals surface area contributed by atoms with Gasteiger partial charge in [-0.1, -0.05) is 38.5 Å². The number of aliphatic hydroxyl groups is 1. The van der Waals surface area contributed by atoms with Crippen LogP contribution in [-0.2, 0) is 12.8 Å². The molecule has 18 heavy (non-hydrogen) atoms. The molecule has 2 heteroatoms. The van der Waals surface area contributed by atoms with Gasteiger partial charge in [0.25, 0.3) is 0 Å². The topological polar surface area (TPSA) is 32.3 Å². The second-order valence-electron chi connectivity index (χ2n) is 5.24. The average Bonchev–Trinajstić information content (AvgIpc) is 2.46. The summed E-state index contributed by atoms with van der Waals surface area (Å²) in [6.45, 7) is 5.41. The molecule has 0 amide bonds. The summed E-state index contributed by atoms with van der Waals surface area (Å²) in [7, 11) is 0. The molecule has 100 valence electrons. The van der Waals surface area contributed by atoms with Gasteiger partial charge in [-0.2, -0.15) is 0 Å². The SMILES string of the molecule is CCc1ccc(C(O)C2CCCCN2)cc1CC. The molecule has 2 nitrogen and oxygen atoms in total. The fourth-order valence-electron chi connectivity index (χ4n) is 2.88. The third-order valence-corrected chi connectivity index (χ3v) is 4.06. The van der Waals surface area contributed by atoms with E-state index in [1.807, 2.05) is 0 Å². The van der Waals surface area contributed by atoms with Crippen LogP contribution < -0.4 is 5.32 Å². The maximum atomic E-state index is 10.5. The molecule has 2 rings (SSSR count). The quantitative estimate of drug-likeness (QED) is 0.857. The van der Waals surface area contributed by atoms with Crippen LogP contribution in [0.15, 0.2) is 18.2 Å². The van der Waals surface area contributed by atoms with Gasteiger partial charge < -0.3 is 10.4 Å².